The summed E-state index contributed by atoms with van der Waals surface area (Å²) in [5.41, 5.74) is 4.87. The van der Waals surface area contributed by atoms with E-state index in [0.717, 1.165) is 5.01 Å². The van der Waals surface area contributed by atoms with Gasteiger partial charge in [-0.25, -0.2) is 10.4 Å². The number of fused-ring (bicyclic) bond motifs is 10. The summed E-state index contributed by atoms with van der Waals surface area (Å²) in [6.45, 7) is -1.68. The lowest BCUT2D eigenvalue weighted by Crippen LogP contribution is -2.56. The number of nitrogens with one attached hydrogen (secondary N) is 2. The van der Waals surface area contributed by atoms with Gasteiger partial charge in [-0.1, -0.05) is 36.4 Å². The summed E-state index contributed by atoms with van der Waals surface area (Å²) in [6.07, 6.45) is -7.34. The second kappa shape index (κ2) is 9.83. The third-order valence-electron chi connectivity index (χ3n) is 8.31. The van der Waals surface area contributed by atoms with Crippen LogP contribution in [-0.2, 0) is 4.74 Å². The Morgan fingerprint density at radius 1 is 0.833 bits per heavy atom. The number of benzene rings is 3. The molecule has 8 N–H and O–H groups in total. The van der Waals surface area contributed by atoms with E-state index in [1.807, 2.05) is 12.1 Å². The van der Waals surface area contributed by atoms with E-state index in [-0.39, 0.29) is 11.1 Å². The first-order chi connectivity index (χ1) is 20.3. The van der Waals surface area contributed by atoms with Crippen LogP contribution in [0.25, 0.3) is 43.6 Å². The zero-order valence-electron chi connectivity index (χ0n) is 22.0. The third-order valence-corrected chi connectivity index (χ3v) is 8.31. The summed E-state index contributed by atoms with van der Waals surface area (Å²) in [5.74, 6) is -1.36. The van der Waals surface area contributed by atoms with E-state index in [4.69, 9.17) is 4.74 Å². The van der Waals surface area contributed by atoms with Crippen LogP contribution in [0.1, 0.15) is 26.9 Å². The number of aliphatic hydroxyl groups is 6. The number of aromatic amines is 1. The Labute approximate surface area is 236 Å². The fraction of sp³-hybridized carbons (Fsp3) is 0.310. The van der Waals surface area contributed by atoms with E-state index in [1.54, 1.807) is 41.0 Å². The van der Waals surface area contributed by atoms with Crippen molar-refractivity contribution in [3.8, 4) is 0 Å². The molecule has 0 aliphatic carbocycles. The summed E-state index contributed by atoms with van der Waals surface area (Å²) in [6, 6.07) is 13.3. The van der Waals surface area contributed by atoms with Crippen molar-refractivity contribution in [2.24, 2.45) is 0 Å². The number of ether oxygens (including phenoxy) is 1. The molecule has 42 heavy (non-hydrogen) atoms. The number of H-pyrrole nitrogens is 1. The molecule has 2 amide bonds. The molecule has 7 rings (SSSR count). The Balaban J connectivity index is 1.62. The zero-order chi connectivity index (χ0) is 29.4. The molecule has 2 aromatic heterocycles. The van der Waals surface area contributed by atoms with Gasteiger partial charge in [-0.15, -0.1) is 0 Å². The predicted octanol–water partition coefficient (Wildman–Crippen LogP) is -0.145. The van der Waals surface area contributed by atoms with Gasteiger partial charge in [0.05, 0.1) is 53.5 Å². The van der Waals surface area contributed by atoms with Crippen molar-refractivity contribution in [3.05, 3.63) is 59.7 Å². The van der Waals surface area contributed by atoms with Gasteiger partial charge in [-0.2, -0.15) is 0 Å². The maximum Gasteiger partial charge on any atom is 0.276 e. The van der Waals surface area contributed by atoms with Crippen molar-refractivity contribution in [1.29, 1.82) is 0 Å². The van der Waals surface area contributed by atoms with Gasteiger partial charge in [0.25, 0.3) is 11.8 Å². The first-order valence-corrected chi connectivity index (χ1v) is 13.5. The fourth-order valence-corrected chi connectivity index (χ4v) is 6.33. The Morgan fingerprint density at radius 2 is 1.48 bits per heavy atom. The molecule has 218 valence electrons. The van der Waals surface area contributed by atoms with Gasteiger partial charge >= 0.3 is 0 Å². The van der Waals surface area contributed by atoms with Gasteiger partial charge in [0.15, 0.2) is 6.23 Å². The minimum atomic E-state index is -1.65. The summed E-state index contributed by atoms with van der Waals surface area (Å²) in [7, 11) is 0. The minimum absolute atomic E-state index is 0.0777. The first-order valence-electron chi connectivity index (χ1n) is 13.5. The average Bonchev–Trinajstić information content (AvgIpc) is 3.63. The number of imide groups is 1. The maximum absolute atomic E-state index is 14.1. The lowest BCUT2D eigenvalue weighted by molar-refractivity contribution is -0.249. The highest BCUT2D eigenvalue weighted by Crippen LogP contribution is 2.47. The van der Waals surface area contributed by atoms with Crippen LogP contribution in [0.3, 0.4) is 0 Å². The number of aromatic nitrogens is 2. The highest BCUT2D eigenvalue weighted by Gasteiger charge is 2.47. The number of nitrogens with zero attached hydrogens (tertiary/aromatic N) is 2. The molecule has 1 fully saturated rings. The Hall–Kier alpha value is -3.92. The van der Waals surface area contributed by atoms with Crippen molar-refractivity contribution < 1.29 is 45.0 Å². The number of hydrogen-bond acceptors (Lipinski definition) is 10. The molecular weight excluding hydrogens is 548 g/mol. The maximum atomic E-state index is 14.1. The predicted molar refractivity (Wildman–Crippen MR) is 149 cm³/mol. The van der Waals surface area contributed by atoms with Crippen molar-refractivity contribution >= 4 is 55.4 Å². The van der Waals surface area contributed by atoms with E-state index >= 15 is 0 Å². The first kappa shape index (κ1) is 26.9. The average molecular weight is 577 g/mol. The van der Waals surface area contributed by atoms with Crippen LogP contribution in [-0.4, -0.2) is 107 Å². The summed E-state index contributed by atoms with van der Waals surface area (Å²) >= 11 is 0. The van der Waals surface area contributed by atoms with Crippen molar-refractivity contribution in [2.75, 3.05) is 19.8 Å². The minimum Gasteiger partial charge on any atom is -0.395 e. The van der Waals surface area contributed by atoms with Gasteiger partial charge in [-0.05, 0) is 12.1 Å². The van der Waals surface area contributed by atoms with Gasteiger partial charge in [0.1, 0.15) is 24.4 Å². The van der Waals surface area contributed by atoms with Crippen LogP contribution in [0.2, 0.25) is 0 Å². The van der Waals surface area contributed by atoms with E-state index in [9.17, 15) is 40.2 Å². The molecule has 0 bridgehead atoms. The number of hydrogen-bond donors (Lipinski definition) is 8. The van der Waals surface area contributed by atoms with Gasteiger partial charge in [0, 0.05) is 27.1 Å². The lowest BCUT2D eigenvalue weighted by Gasteiger charge is -2.41. The molecule has 5 atom stereocenters. The molecule has 5 aromatic rings. The molecule has 3 aromatic carbocycles. The molecule has 0 spiro atoms. The second-order valence-corrected chi connectivity index (χ2v) is 10.6. The van der Waals surface area contributed by atoms with Crippen molar-refractivity contribution in [2.45, 2.75) is 36.7 Å². The number of amides is 2. The van der Waals surface area contributed by atoms with Crippen molar-refractivity contribution in [1.82, 2.24) is 20.0 Å². The molecule has 0 radical (unpaired) electrons. The van der Waals surface area contributed by atoms with Crippen molar-refractivity contribution in [3.63, 3.8) is 0 Å². The Bertz CT molecular complexity index is 1890. The van der Waals surface area contributed by atoms with Crippen LogP contribution < -0.4 is 5.43 Å². The van der Waals surface area contributed by atoms with E-state index < -0.39 is 68.3 Å². The SMILES string of the molecule is O=C1c2c(c3c4ccccc4n(C4OC(CO)C(O)C(O)C4O)c3c3[nH]c4ccccc4c23)C(=O)N1NC(CO)CO. The highest BCUT2D eigenvalue weighted by molar-refractivity contribution is 6.39. The molecule has 5 unspecified atom stereocenters. The molecule has 0 saturated carbocycles. The molecule has 2 aliphatic rings. The largest absolute Gasteiger partial charge is 0.395 e. The van der Waals surface area contributed by atoms with Crippen LogP contribution >= 0.6 is 0 Å². The number of para-hydroxylation sites is 2. The topological polar surface area (TPSA) is 201 Å². The van der Waals surface area contributed by atoms with Gasteiger partial charge < -0.3 is 44.9 Å². The summed E-state index contributed by atoms with van der Waals surface area (Å²) in [4.78, 5) is 31.3. The smallest absolute Gasteiger partial charge is 0.276 e. The van der Waals surface area contributed by atoms with E-state index in [2.05, 4.69) is 10.4 Å². The number of carbonyl (C=O) groups excluding carboxylic acids is 2. The second-order valence-electron chi connectivity index (χ2n) is 10.6. The Kier molecular flexibility index (Phi) is 6.31. The van der Waals surface area contributed by atoms with Crippen LogP contribution in [0.5, 0.6) is 0 Å². The molecule has 13 heteroatoms. The van der Waals surface area contributed by atoms with E-state index in [1.165, 1.54) is 0 Å². The molecule has 4 heterocycles. The zero-order valence-corrected chi connectivity index (χ0v) is 22.0. The Morgan fingerprint density at radius 3 is 2.17 bits per heavy atom. The number of rotatable bonds is 6. The van der Waals surface area contributed by atoms with Crippen LogP contribution in [0.15, 0.2) is 48.5 Å². The number of aliphatic hydroxyl groups excluding tert-OH is 6. The fourth-order valence-electron chi connectivity index (χ4n) is 6.33. The molecular formula is C29H28N4O9. The molecule has 2 aliphatic heterocycles. The van der Waals surface area contributed by atoms with Gasteiger partial charge in [-0.3, -0.25) is 9.59 Å². The quantitative estimate of drug-likeness (QED) is 0.126. The third kappa shape index (κ3) is 3.53. The number of carbonyl (C=O) groups is 2. The summed E-state index contributed by atoms with van der Waals surface area (Å²) in [5, 5.41) is 64.3. The monoisotopic (exact) mass is 576 g/mol. The normalized spacial score (nSPS) is 24.7. The van der Waals surface area contributed by atoms with Crippen LogP contribution in [0.4, 0.5) is 0 Å². The highest BCUT2D eigenvalue weighted by atomic mass is 16.6. The van der Waals surface area contributed by atoms with Gasteiger partial charge in [0.2, 0.25) is 0 Å². The standard InChI is InChI=1S/C29H28N4O9/c34-9-12(10-35)31-33-27(40)20-18-13-5-1-3-7-15(13)30-22(18)23-19(21(20)28(33)41)14-6-2-4-8-16(14)32(23)29-26(39)25(38)24(37)17(11-36)42-29/h1-8,12,17,24-26,29-31,34-39H,9-11H2. The lowest BCUT2D eigenvalue weighted by atomic mass is 9.96. The summed E-state index contributed by atoms with van der Waals surface area (Å²) < 4.78 is 7.61. The van der Waals surface area contributed by atoms with Crippen LogP contribution in [0, 0.1) is 0 Å². The number of hydrazine groups is 1. The van der Waals surface area contributed by atoms with E-state index in [0.29, 0.717) is 43.6 Å². The molecule has 1 saturated heterocycles. The molecule has 13 nitrogen and oxygen atoms in total.